The van der Waals surface area contributed by atoms with Crippen molar-refractivity contribution in [1.29, 1.82) is 0 Å². The van der Waals surface area contributed by atoms with Gasteiger partial charge in [-0.05, 0) is 31.0 Å². The molecule has 1 amide bonds. The molecule has 146 valence electrons. The molecule has 1 N–H and O–H groups in total. The van der Waals surface area contributed by atoms with E-state index in [9.17, 15) is 4.79 Å². The van der Waals surface area contributed by atoms with Gasteiger partial charge in [0.25, 0.3) is 0 Å². The van der Waals surface area contributed by atoms with Crippen molar-refractivity contribution in [2.24, 2.45) is 0 Å². The number of thioether (sulfide) groups is 1. The lowest BCUT2D eigenvalue weighted by Gasteiger charge is -2.13. The van der Waals surface area contributed by atoms with Gasteiger partial charge in [-0.15, -0.1) is 10.2 Å². The average Bonchev–Trinajstić information content (AvgIpc) is 3.10. The number of aromatic nitrogens is 4. The first-order chi connectivity index (χ1) is 13.7. The number of pyridine rings is 1. The fourth-order valence-corrected chi connectivity index (χ4v) is 3.71. The molecule has 0 aliphatic heterocycles. The van der Waals surface area contributed by atoms with Crippen LogP contribution in [0.2, 0.25) is 0 Å². The van der Waals surface area contributed by atoms with E-state index in [1.54, 1.807) is 12.4 Å². The van der Waals surface area contributed by atoms with Crippen molar-refractivity contribution in [2.75, 3.05) is 5.75 Å². The molecule has 2 aromatic heterocycles. The topological polar surface area (TPSA) is 72.7 Å². The molecular weight excluding hydrogens is 370 g/mol. The lowest BCUT2D eigenvalue weighted by molar-refractivity contribution is -0.119. The molecule has 28 heavy (non-hydrogen) atoms. The Morgan fingerprint density at radius 2 is 2.00 bits per heavy atom. The third kappa shape index (κ3) is 5.42. The Morgan fingerprint density at radius 1 is 1.18 bits per heavy atom. The predicted octanol–water partition coefficient (Wildman–Crippen LogP) is 3.79. The first-order valence-electron chi connectivity index (χ1n) is 9.47. The summed E-state index contributed by atoms with van der Waals surface area (Å²) in [6, 6.07) is 14.2. The van der Waals surface area contributed by atoms with Crippen LogP contribution in [0.25, 0.3) is 11.4 Å². The van der Waals surface area contributed by atoms with E-state index in [1.165, 1.54) is 11.8 Å². The van der Waals surface area contributed by atoms with Gasteiger partial charge in [-0.1, -0.05) is 55.4 Å². The van der Waals surface area contributed by atoms with Gasteiger partial charge in [-0.2, -0.15) is 0 Å². The lowest BCUT2D eigenvalue weighted by atomic mass is 10.2. The zero-order valence-corrected chi connectivity index (χ0v) is 17.0. The maximum Gasteiger partial charge on any atom is 0.230 e. The van der Waals surface area contributed by atoms with E-state index >= 15 is 0 Å². The number of amides is 1. The fourth-order valence-electron chi connectivity index (χ4n) is 2.96. The summed E-state index contributed by atoms with van der Waals surface area (Å²) >= 11 is 1.41. The molecule has 0 aliphatic carbocycles. The van der Waals surface area contributed by atoms with Crippen LogP contribution in [0.3, 0.4) is 0 Å². The van der Waals surface area contributed by atoms with Gasteiger partial charge < -0.3 is 5.32 Å². The Hall–Kier alpha value is -2.67. The Labute approximate surface area is 169 Å². The summed E-state index contributed by atoms with van der Waals surface area (Å²) in [7, 11) is 0. The van der Waals surface area contributed by atoms with Gasteiger partial charge in [-0.25, -0.2) is 0 Å². The normalized spacial score (nSPS) is 11.9. The number of carbonyl (C=O) groups is 1. The molecule has 3 aromatic rings. The highest BCUT2D eigenvalue weighted by Gasteiger charge is 2.16. The minimum absolute atomic E-state index is 0.0168. The highest BCUT2D eigenvalue weighted by Crippen LogP contribution is 2.24. The first kappa shape index (κ1) is 20.1. The summed E-state index contributed by atoms with van der Waals surface area (Å²) in [6.07, 6.45) is 5.54. The van der Waals surface area contributed by atoms with Gasteiger partial charge >= 0.3 is 0 Å². The molecular formula is C21H25N5OS. The van der Waals surface area contributed by atoms with Crippen LogP contribution in [0, 0.1) is 0 Å². The van der Waals surface area contributed by atoms with Crippen LogP contribution >= 0.6 is 11.8 Å². The highest BCUT2D eigenvalue weighted by molar-refractivity contribution is 7.99. The van der Waals surface area contributed by atoms with Crippen LogP contribution in [0.5, 0.6) is 0 Å². The molecule has 0 aliphatic rings. The fraction of sp³-hybridized carbons (Fsp3) is 0.333. The Morgan fingerprint density at radius 3 is 2.71 bits per heavy atom. The van der Waals surface area contributed by atoms with Crippen LogP contribution in [0.15, 0.2) is 60.0 Å². The maximum absolute atomic E-state index is 12.2. The van der Waals surface area contributed by atoms with Crippen LogP contribution < -0.4 is 5.32 Å². The zero-order valence-electron chi connectivity index (χ0n) is 16.2. The van der Waals surface area contributed by atoms with Gasteiger partial charge in [0.05, 0.1) is 12.3 Å². The molecule has 0 saturated heterocycles. The van der Waals surface area contributed by atoms with Crippen LogP contribution in [0.1, 0.15) is 32.3 Å². The summed E-state index contributed by atoms with van der Waals surface area (Å²) in [5, 5.41) is 12.5. The number of hydrogen-bond donors (Lipinski definition) is 1. The summed E-state index contributed by atoms with van der Waals surface area (Å²) in [6.45, 7) is 4.78. The smallest absolute Gasteiger partial charge is 0.230 e. The predicted molar refractivity (Wildman–Crippen MR) is 112 cm³/mol. The van der Waals surface area contributed by atoms with E-state index in [-0.39, 0.29) is 11.9 Å². The first-order valence-corrected chi connectivity index (χ1v) is 10.5. The molecule has 0 unspecified atom stereocenters. The van der Waals surface area contributed by atoms with Gasteiger partial charge in [-0.3, -0.25) is 14.3 Å². The minimum Gasteiger partial charge on any atom is -0.353 e. The quantitative estimate of drug-likeness (QED) is 0.558. The van der Waals surface area contributed by atoms with Crippen molar-refractivity contribution < 1.29 is 4.79 Å². The van der Waals surface area contributed by atoms with E-state index < -0.39 is 0 Å². The van der Waals surface area contributed by atoms with E-state index in [2.05, 4.69) is 39.6 Å². The molecule has 6 nitrogen and oxygen atoms in total. The van der Waals surface area contributed by atoms with Gasteiger partial charge in [0.2, 0.25) is 5.91 Å². The van der Waals surface area contributed by atoms with Crippen LogP contribution in [0.4, 0.5) is 0 Å². The number of benzene rings is 1. The van der Waals surface area contributed by atoms with E-state index in [0.29, 0.717) is 12.3 Å². The van der Waals surface area contributed by atoms with Crippen molar-refractivity contribution in [2.45, 2.75) is 44.4 Å². The monoisotopic (exact) mass is 395 g/mol. The molecule has 0 bridgehead atoms. The second-order valence-corrected chi connectivity index (χ2v) is 7.61. The second kappa shape index (κ2) is 10.0. The largest absolute Gasteiger partial charge is 0.353 e. The summed E-state index contributed by atoms with van der Waals surface area (Å²) < 4.78 is 2.04. The lowest BCUT2D eigenvalue weighted by Crippen LogP contribution is -2.33. The van der Waals surface area contributed by atoms with Crippen LogP contribution in [-0.2, 0) is 11.3 Å². The van der Waals surface area contributed by atoms with Crippen molar-refractivity contribution >= 4 is 17.7 Å². The third-order valence-corrected chi connectivity index (χ3v) is 5.25. The summed E-state index contributed by atoms with van der Waals surface area (Å²) in [5.41, 5.74) is 2.05. The molecule has 0 radical (unpaired) electrons. The van der Waals surface area contributed by atoms with E-state index in [4.69, 9.17) is 0 Å². The Balaban J connectivity index is 1.78. The number of carbonyl (C=O) groups excluding carboxylic acids is 1. The molecule has 2 heterocycles. The second-order valence-electron chi connectivity index (χ2n) is 6.67. The van der Waals surface area contributed by atoms with Crippen LogP contribution in [-0.4, -0.2) is 37.5 Å². The van der Waals surface area contributed by atoms with E-state index in [1.807, 2.05) is 41.8 Å². The Bertz CT molecular complexity index is 882. The van der Waals surface area contributed by atoms with Gasteiger partial charge in [0.1, 0.15) is 0 Å². The molecule has 0 fully saturated rings. The van der Waals surface area contributed by atoms with Gasteiger partial charge in [0, 0.05) is 24.0 Å². The molecule has 0 saturated carbocycles. The maximum atomic E-state index is 12.2. The van der Waals surface area contributed by atoms with Crippen molar-refractivity contribution in [3.8, 4) is 11.4 Å². The molecule has 7 heteroatoms. The van der Waals surface area contributed by atoms with E-state index in [0.717, 1.165) is 34.9 Å². The zero-order chi connectivity index (χ0) is 19.8. The summed E-state index contributed by atoms with van der Waals surface area (Å²) in [4.78, 5) is 16.4. The highest BCUT2D eigenvalue weighted by atomic mass is 32.2. The van der Waals surface area contributed by atoms with Crippen molar-refractivity contribution in [1.82, 2.24) is 25.1 Å². The molecule has 0 spiro atoms. The SMILES string of the molecule is CCC[C@@H](C)NC(=O)CSc1nnc(-c2cccnc2)n1Cc1ccccc1. The van der Waals surface area contributed by atoms with Crippen molar-refractivity contribution in [3.05, 3.63) is 60.4 Å². The number of hydrogen-bond acceptors (Lipinski definition) is 5. The number of rotatable bonds is 9. The summed E-state index contributed by atoms with van der Waals surface area (Å²) in [5.74, 6) is 1.08. The number of nitrogens with one attached hydrogen (secondary N) is 1. The third-order valence-electron chi connectivity index (χ3n) is 4.28. The molecule has 1 atom stereocenters. The van der Waals surface area contributed by atoms with Gasteiger partial charge in [0.15, 0.2) is 11.0 Å². The standard InChI is InChI=1S/C21H25N5OS/c1-3-8-16(2)23-19(27)15-28-21-25-24-20(18-11-7-12-22-13-18)26(21)14-17-9-5-4-6-10-17/h4-7,9-13,16H,3,8,14-15H2,1-2H3,(H,23,27)/t16-/m1/s1. The molecule has 1 aromatic carbocycles. The Kier molecular flexibility index (Phi) is 7.19. The number of nitrogens with zero attached hydrogens (tertiary/aromatic N) is 4. The molecule has 3 rings (SSSR count). The average molecular weight is 396 g/mol. The van der Waals surface area contributed by atoms with Crippen molar-refractivity contribution in [3.63, 3.8) is 0 Å². The minimum atomic E-state index is 0.0168.